The Morgan fingerprint density at radius 1 is 0.951 bits per heavy atom. The first-order valence-corrected chi connectivity index (χ1v) is 14.0. The Morgan fingerprint density at radius 3 is 2.39 bits per heavy atom. The van der Waals surface area contributed by atoms with Crippen LogP contribution in [0.2, 0.25) is 0 Å². The summed E-state index contributed by atoms with van der Waals surface area (Å²) < 4.78 is 79.8. The standard InChI is InChI=1S/C30H31F5N2O3S/c1-3-29(31,32)23-17-22(30(33,34)35)11-10-21(23)18-40-24-12-9-20(15-25(24)39-2)16-26-27(38)37-28(41-26)36-14-13-19-7-5-4-6-8-19/h4-12,15,17,26-27,38H,3,13-14,16,18H2,1-2H3,(H,36,37)/t26-,27?/m1/s1. The number of amidine groups is 1. The highest BCUT2D eigenvalue weighted by molar-refractivity contribution is 8.14. The van der Waals surface area contributed by atoms with Crippen LogP contribution in [0.1, 0.15) is 41.2 Å². The van der Waals surface area contributed by atoms with Crippen LogP contribution >= 0.6 is 11.8 Å². The Kier molecular flexibility index (Phi) is 9.80. The number of benzene rings is 3. The molecule has 0 spiro atoms. The molecule has 1 saturated heterocycles. The van der Waals surface area contributed by atoms with Crippen LogP contribution in [0.25, 0.3) is 0 Å². The molecule has 1 unspecified atom stereocenters. The molecule has 1 aliphatic rings. The van der Waals surface area contributed by atoms with Gasteiger partial charge in [0.05, 0.1) is 17.9 Å². The molecule has 3 aromatic carbocycles. The zero-order valence-corrected chi connectivity index (χ0v) is 23.4. The van der Waals surface area contributed by atoms with E-state index in [4.69, 9.17) is 9.47 Å². The Bertz CT molecular complexity index is 1350. The number of rotatable bonds is 11. The number of alkyl halides is 5. The Hall–Kier alpha value is -3.31. The van der Waals surface area contributed by atoms with Gasteiger partial charge in [0.1, 0.15) is 12.8 Å². The number of aliphatic imine (C=N–C) groups is 1. The van der Waals surface area contributed by atoms with Crippen LogP contribution in [-0.2, 0) is 31.5 Å². The predicted octanol–water partition coefficient (Wildman–Crippen LogP) is 6.96. The van der Waals surface area contributed by atoms with E-state index < -0.39 is 35.9 Å². The molecular formula is C30H31F5N2O3S. The van der Waals surface area contributed by atoms with Crippen molar-refractivity contribution >= 4 is 16.9 Å². The average molecular weight is 595 g/mol. The fraction of sp³-hybridized carbons (Fsp3) is 0.367. The molecule has 1 heterocycles. The van der Waals surface area contributed by atoms with Crippen LogP contribution in [-0.4, -0.2) is 35.4 Å². The lowest BCUT2D eigenvalue weighted by molar-refractivity contribution is -0.137. The van der Waals surface area contributed by atoms with Crippen molar-refractivity contribution in [3.05, 3.63) is 94.5 Å². The number of thioether (sulfide) groups is 1. The summed E-state index contributed by atoms with van der Waals surface area (Å²) in [7, 11) is 1.43. The van der Waals surface area contributed by atoms with E-state index in [9.17, 15) is 27.1 Å². The van der Waals surface area contributed by atoms with Gasteiger partial charge in [-0.15, -0.1) is 0 Å². The van der Waals surface area contributed by atoms with Crippen molar-refractivity contribution in [3.8, 4) is 11.5 Å². The van der Waals surface area contributed by atoms with E-state index in [0.717, 1.165) is 24.1 Å². The quantitative estimate of drug-likeness (QED) is 0.235. The van der Waals surface area contributed by atoms with Crippen LogP contribution in [0.5, 0.6) is 11.5 Å². The number of aliphatic hydroxyl groups excluding tert-OH is 1. The molecule has 220 valence electrons. The predicted molar refractivity (Wildman–Crippen MR) is 150 cm³/mol. The molecule has 2 N–H and O–H groups in total. The minimum atomic E-state index is -4.74. The van der Waals surface area contributed by atoms with Crippen molar-refractivity contribution < 1.29 is 36.5 Å². The highest BCUT2D eigenvalue weighted by Crippen LogP contribution is 2.39. The first-order chi connectivity index (χ1) is 19.5. The van der Waals surface area contributed by atoms with Crippen molar-refractivity contribution in [2.45, 2.75) is 56.4 Å². The lowest BCUT2D eigenvalue weighted by atomic mass is 9.97. The molecule has 5 nitrogen and oxygen atoms in total. The van der Waals surface area contributed by atoms with Gasteiger partial charge < -0.3 is 19.9 Å². The van der Waals surface area contributed by atoms with E-state index in [1.54, 1.807) is 18.2 Å². The fourth-order valence-electron chi connectivity index (χ4n) is 4.38. The van der Waals surface area contributed by atoms with Crippen molar-refractivity contribution in [2.75, 3.05) is 13.7 Å². The molecular weight excluding hydrogens is 563 g/mol. The molecule has 4 rings (SSSR count). The van der Waals surface area contributed by atoms with Gasteiger partial charge in [-0.25, -0.2) is 8.78 Å². The van der Waals surface area contributed by atoms with E-state index in [2.05, 4.69) is 10.3 Å². The van der Waals surface area contributed by atoms with E-state index in [0.29, 0.717) is 29.9 Å². The van der Waals surface area contributed by atoms with E-state index in [-0.39, 0.29) is 23.2 Å². The summed E-state index contributed by atoms with van der Waals surface area (Å²) in [6.07, 6.45) is -4.92. The number of halogens is 5. The van der Waals surface area contributed by atoms with Gasteiger partial charge >= 0.3 is 6.18 Å². The zero-order valence-electron chi connectivity index (χ0n) is 22.6. The molecule has 0 bridgehead atoms. The highest BCUT2D eigenvalue weighted by atomic mass is 32.2. The fourth-order valence-corrected chi connectivity index (χ4v) is 5.50. The summed E-state index contributed by atoms with van der Waals surface area (Å²) in [5.74, 6) is -2.87. The molecule has 0 amide bonds. The maximum Gasteiger partial charge on any atom is 0.416 e. The molecule has 0 aromatic heterocycles. The van der Waals surface area contributed by atoms with Gasteiger partial charge in [-0.3, -0.25) is 4.99 Å². The van der Waals surface area contributed by atoms with Crippen LogP contribution in [0, 0.1) is 0 Å². The molecule has 3 aromatic rings. The number of nitrogens with one attached hydrogen (secondary N) is 1. The molecule has 2 atom stereocenters. The maximum absolute atomic E-state index is 14.6. The van der Waals surface area contributed by atoms with Crippen molar-refractivity contribution in [1.82, 2.24) is 5.32 Å². The van der Waals surface area contributed by atoms with Crippen LogP contribution in [0.3, 0.4) is 0 Å². The van der Waals surface area contributed by atoms with E-state index >= 15 is 0 Å². The summed E-state index contributed by atoms with van der Waals surface area (Å²) in [6, 6.07) is 17.4. The largest absolute Gasteiger partial charge is 0.493 e. The van der Waals surface area contributed by atoms with Gasteiger partial charge in [0.2, 0.25) is 0 Å². The topological polar surface area (TPSA) is 63.1 Å². The minimum Gasteiger partial charge on any atom is -0.493 e. The number of hydrogen-bond acceptors (Lipinski definition) is 5. The minimum absolute atomic E-state index is 0.0494. The Labute approximate surface area is 239 Å². The third-order valence-electron chi connectivity index (χ3n) is 6.71. The third kappa shape index (κ3) is 7.91. The number of hydrogen-bond donors (Lipinski definition) is 2. The Morgan fingerprint density at radius 2 is 1.71 bits per heavy atom. The molecule has 11 heteroatoms. The van der Waals surface area contributed by atoms with Gasteiger partial charge in [0.25, 0.3) is 5.92 Å². The number of ether oxygens (including phenoxy) is 2. The number of methoxy groups -OCH3 is 1. The van der Waals surface area contributed by atoms with Gasteiger partial charge in [0, 0.05) is 18.5 Å². The van der Waals surface area contributed by atoms with Gasteiger partial charge in [-0.05, 0) is 53.8 Å². The van der Waals surface area contributed by atoms with Crippen LogP contribution in [0.15, 0.2) is 71.7 Å². The lowest BCUT2D eigenvalue weighted by Gasteiger charge is -2.21. The van der Waals surface area contributed by atoms with Crippen LogP contribution in [0.4, 0.5) is 22.0 Å². The second-order valence-corrected chi connectivity index (χ2v) is 10.8. The number of nitrogens with zero attached hydrogens (tertiary/aromatic N) is 1. The normalized spacial score (nSPS) is 18.4. The van der Waals surface area contributed by atoms with E-state index in [1.165, 1.54) is 31.4 Å². The van der Waals surface area contributed by atoms with Crippen molar-refractivity contribution in [1.29, 1.82) is 0 Å². The van der Waals surface area contributed by atoms with E-state index in [1.807, 2.05) is 30.3 Å². The van der Waals surface area contributed by atoms with Crippen molar-refractivity contribution in [2.24, 2.45) is 4.99 Å². The third-order valence-corrected chi connectivity index (χ3v) is 7.91. The van der Waals surface area contributed by atoms with Gasteiger partial charge in [-0.2, -0.15) is 13.2 Å². The zero-order chi connectivity index (χ0) is 29.6. The summed E-state index contributed by atoms with van der Waals surface area (Å²) in [5, 5.41) is 14.0. The first-order valence-electron chi connectivity index (χ1n) is 13.1. The maximum atomic E-state index is 14.6. The van der Waals surface area contributed by atoms with Crippen molar-refractivity contribution in [3.63, 3.8) is 0 Å². The summed E-state index contributed by atoms with van der Waals surface area (Å²) >= 11 is 1.45. The first kappa shape index (κ1) is 30.6. The summed E-state index contributed by atoms with van der Waals surface area (Å²) in [6.45, 7) is 1.42. The molecule has 1 fully saturated rings. The average Bonchev–Trinajstić information content (AvgIpc) is 3.30. The molecule has 41 heavy (non-hydrogen) atoms. The molecule has 0 aliphatic carbocycles. The smallest absolute Gasteiger partial charge is 0.416 e. The van der Waals surface area contributed by atoms with Gasteiger partial charge in [-0.1, -0.05) is 61.2 Å². The molecule has 0 saturated carbocycles. The second kappa shape index (κ2) is 13.1. The number of aliphatic hydroxyl groups is 1. The highest BCUT2D eigenvalue weighted by Gasteiger charge is 2.37. The Balaban J connectivity index is 1.41. The SMILES string of the molecule is CCC(F)(F)c1cc(C(F)(F)F)ccc1COc1ccc(C[C@H]2SC(=NCCc3ccccc3)NC2O)cc1OC. The molecule has 1 aliphatic heterocycles. The summed E-state index contributed by atoms with van der Waals surface area (Å²) in [4.78, 5) is 4.56. The second-order valence-electron chi connectivity index (χ2n) is 9.57. The monoisotopic (exact) mass is 594 g/mol. The van der Waals surface area contributed by atoms with Crippen LogP contribution < -0.4 is 14.8 Å². The summed E-state index contributed by atoms with van der Waals surface area (Å²) in [5.41, 5.74) is 0.112. The molecule has 0 radical (unpaired) electrons. The van der Waals surface area contributed by atoms with Gasteiger partial charge in [0.15, 0.2) is 16.7 Å². The lowest BCUT2D eigenvalue weighted by Crippen LogP contribution is -2.32.